The SMILES string of the molecule is COc1cc(CNC(C)c2ccc(Cl)s2)cc2c1OCO2. The summed E-state index contributed by atoms with van der Waals surface area (Å²) >= 11 is 7.56. The molecule has 0 saturated carbocycles. The average Bonchev–Trinajstić information content (AvgIpc) is 3.12. The highest BCUT2D eigenvalue weighted by Gasteiger charge is 2.20. The molecular formula is C15H16ClNO3S. The minimum atomic E-state index is 0.235. The summed E-state index contributed by atoms with van der Waals surface area (Å²) in [5.74, 6) is 2.12. The second-order valence-electron chi connectivity index (χ2n) is 4.78. The monoisotopic (exact) mass is 325 g/mol. The van der Waals surface area contributed by atoms with Crippen LogP contribution in [0.2, 0.25) is 4.34 Å². The summed E-state index contributed by atoms with van der Waals surface area (Å²) in [5, 5.41) is 3.47. The molecule has 1 aliphatic heterocycles. The van der Waals surface area contributed by atoms with Crippen molar-refractivity contribution in [2.24, 2.45) is 0 Å². The summed E-state index contributed by atoms with van der Waals surface area (Å²) in [7, 11) is 1.63. The van der Waals surface area contributed by atoms with Gasteiger partial charge < -0.3 is 19.5 Å². The Bertz CT molecular complexity index is 644. The second-order valence-corrected chi connectivity index (χ2v) is 6.52. The van der Waals surface area contributed by atoms with Gasteiger partial charge in [-0.05, 0) is 36.8 Å². The molecule has 3 rings (SSSR count). The maximum Gasteiger partial charge on any atom is 0.231 e. The van der Waals surface area contributed by atoms with Gasteiger partial charge in [0.1, 0.15) is 0 Å². The van der Waals surface area contributed by atoms with Gasteiger partial charge in [-0.25, -0.2) is 0 Å². The summed E-state index contributed by atoms with van der Waals surface area (Å²) in [5.41, 5.74) is 1.09. The Morgan fingerprint density at radius 3 is 2.95 bits per heavy atom. The van der Waals surface area contributed by atoms with Crippen molar-refractivity contribution in [2.45, 2.75) is 19.5 Å². The number of benzene rings is 1. The zero-order chi connectivity index (χ0) is 14.8. The van der Waals surface area contributed by atoms with Crippen LogP contribution in [0, 0.1) is 0 Å². The number of ether oxygens (including phenoxy) is 3. The molecule has 1 N–H and O–H groups in total. The van der Waals surface area contributed by atoms with Crippen molar-refractivity contribution in [3.63, 3.8) is 0 Å². The summed E-state index contributed by atoms with van der Waals surface area (Å²) in [6.45, 7) is 3.07. The van der Waals surface area contributed by atoms with Crippen LogP contribution in [0.4, 0.5) is 0 Å². The molecule has 1 unspecified atom stereocenters. The van der Waals surface area contributed by atoms with Gasteiger partial charge in [0.25, 0.3) is 0 Å². The minimum Gasteiger partial charge on any atom is -0.493 e. The summed E-state index contributed by atoms with van der Waals surface area (Å²) in [6.07, 6.45) is 0. The third-order valence-electron chi connectivity index (χ3n) is 3.35. The van der Waals surface area contributed by atoms with Crippen LogP contribution in [0.5, 0.6) is 17.2 Å². The zero-order valence-electron chi connectivity index (χ0n) is 11.8. The highest BCUT2D eigenvalue weighted by Crippen LogP contribution is 2.41. The third kappa shape index (κ3) is 3.10. The van der Waals surface area contributed by atoms with Crippen molar-refractivity contribution in [3.8, 4) is 17.2 Å². The van der Waals surface area contributed by atoms with E-state index in [0.717, 1.165) is 15.6 Å². The number of halogens is 1. The topological polar surface area (TPSA) is 39.7 Å². The van der Waals surface area contributed by atoms with Crippen molar-refractivity contribution in [1.29, 1.82) is 0 Å². The van der Waals surface area contributed by atoms with Gasteiger partial charge in [0.15, 0.2) is 11.5 Å². The third-order valence-corrected chi connectivity index (χ3v) is 4.77. The van der Waals surface area contributed by atoms with Gasteiger partial charge in [-0.2, -0.15) is 0 Å². The van der Waals surface area contributed by atoms with Crippen molar-refractivity contribution in [1.82, 2.24) is 5.32 Å². The summed E-state index contributed by atoms with van der Waals surface area (Å²) < 4.78 is 17.0. The Morgan fingerprint density at radius 2 is 2.24 bits per heavy atom. The van der Waals surface area contributed by atoms with Gasteiger partial charge >= 0.3 is 0 Å². The molecule has 2 heterocycles. The van der Waals surface area contributed by atoms with Gasteiger partial charge in [-0.1, -0.05) is 11.6 Å². The highest BCUT2D eigenvalue weighted by atomic mass is 35.5. The first-order valence-corrected chi connectivity index (χ1v) is 7.82. The first kappa shape index (κ1) is 14.5. The van der Waals surface area contributed by atoms with Crippen LogP contribution >= 0.6 is 22.9 Å². The fraction of sp³-hybridized carbons (Fsp3) is 0.333. The molecule has 0 saturated heterocycles. The molecule has 112 valence electrons. The predicted octanol–water partition coefficient (Wildman–Crippen LogP) is 3.99. The molecule has 1 aliphatic rings. The van der Waals surface area contributed by atoms with E-state index in [1.165, 1.54) is 4.88 Å². The highest BCUT2D eigenvalue weighted by molar-refractivity contribution is 7.16. The largest absolute Gasteiger partial charge is 0.493 e. The molecule has 1 aromatic carbocycles. The molecule has 6 heteroatoms. The van der Waals surface area contributed by atoms with E-state index >= 15 is 0 Å². The standard InChI is InChI=1S/C15H16ClNO3S/c1-9(13-3-4-14(16)21-13)17-7-10-5-11(18-2)15-12(6-10)19-8-20-15/h3-6,9,17H,7-8H2,1-2H3. The van der Waals surface area contributed by atoms with Gasteiger partial charge in [0.2, 0.25) is 12.5 Å². The van der Waals surface area contributed by atoms with Crippen LogP contribution < -0.4 is 19.5 Å². The van der Waals surface area contributed by atoms with Crippen LogP contribution in [-0.2, 0) is 6.54 Å². The van der Waals surface area contributed by atoms with Crippen LogP contribution in [-0.4, -0.2) is 13.9 Å². The van der Waals surface area contributed by atoms with Crippen molar-refractivity contribution in [3.05, 3.63) is 39.0 Å². The molecule has 2 aromatic rings. The van der Waals surface area contributed by atoms with E-state index in [1.54, 1.807) is 18.4 Å². The molecule has 1 aromatic heterocycles. The number of thiophene rings is 1. The maximum atomic E-state index is 5.97. The lowest BCUT2D eigenvalue weighted by Gasteiger charge is -2.13. The Morgan fingerprint density at radius 1 is 1.38 bits per heavy atom. The number of fused-ring (bicyclic) bond motifs is 1. The van der Waals surface area contributed by atoms with Gasteiger partial charge in [-0.15, -0.1) is 11.3 Å². The number of rotatable bonds is 5. The molecular weight excluding hydrogens is 310 g/mol. The Labute approximate surface area is 132 Å². The summed E-state index contributed by atoms with van der Waals surface area (Å²) in [4.78, 5) is 1.22. The van der Waals surface area contributed by atoms with Crippen LogP contribution in [0.3, 0.4) is 0 Å². The van der Waals surface area contributed by atoms with E-state index in [1.807, 2.05) is 24.3 Å². The van der Waals surface area contributed by atoms with Crippen LogP contribution in [0.1, 0.15) is 23.4 Å². The fourth-order valence-electron chi connectivity index (χ4n) is 2.22. The molecule has 0 fully saturated rings. The van der Waals surface area contributed by atoms with Gasteiger partial charge in [0, 0.05) is 17.5 Å². The molecule has 0 spiro atoms. The van der Waals surface area contributed by atoms with E-state index in [4.69, 9.17) is 25.8 Å². The van der Waals surface area contributed by atoms with E-state index < -0.39 is 0 Å². The van der Waals surface area contributed by atoms with Gasteiger partial charge in [-0.3, -0.25) is 0 Å². The van der Waals surface area contributed by atoms with E-state index in [9.17, 15) is 0 Å². The minimum absolute atomic E-state index is 0.235. The Kier molecular flexibility index (Phi) is 4.24. The zero-order valence-corrected chi connectivity index (χ0v) is 13.4. The summed E-state index contributed by atoms with van der Waals surface area (Å²) in [6, 6.07) is 8.15. The van der Waals surface area contributed by atoms with Crippen molar-refractivity contribution >= 4 is 22.9 Å². The number of hydrogen-bond donors (Lipinski definition) is 1. The molecule has 0 radical (unpaired) electrons. The first-order chi connectivity index (χ1) is 10.2. The smallest absolute Gasteiger partial charge is 0.231 e. The molecule has 1 atom stereocenters. The van der Waals surface area contributed by atoms with Crippen molar-refractivity contribution < 1.29 is 14.2 Å². The lowest BCUT2D eigenvalue weighted by atomic mass is 10.1. The van der Waals surface area contributed by atoms with Crippen LogP contribution in [0.25, 0.3) is 0 Å². The van der Waals surface area contributed by atoms with E-state index in [2.05, 4.69) is 12.2 Å². The van der Waals surface area contributed by atoms with E-state index in [-0.39, 0.29) is 12.8 Å². The number of nitrogens with one attached hydrogen (secondary N) is 1. The fourth-order valence-corrected chi connectivity index (χ4v) is 3.31. The first-order valence-electron chi connectivity index (χ1n) is 6.62. The quantitative estimate of drug-likeness (QED) is 0.902. The lowest BCUT2D eigenvalue weighted by Crippen LogP contribution is -2.17. The molecule has 0 aliphatic carbocycles. The molecule has 0 amide bonds. The second kappa shape index (κ2) is 6.13. The predicted molar refractivity (Wildman–Crippen MR) is 83.7 cm³/mol. The average molecular weight is 326 g/mol. The number of methoxy groups -OCH3 is 1. The Balaban J connectivity index is 1.71. The van der Waals surface area contributed by atoms with Crippen molar-refractivity contribution in [2.75, 3.05) is 13.9 Å². The molecule has 0 bridgehead atoms. The van der Waals surface area contributed by atoms with Crippen LogP contribution in [0.15, 0.2) is 24.3 Å². The molecule has 21 heavy (non-hydrogen) atoms. The van der Waals surface area contributed by atoms with Gasteiger partial charge in [0.05, 0.1) is 11.4 Å². The normalized spacial score (nSPS) is 14.2. The Hall–Kier alpha value is -1.43. The molecule has 4 nitrogen and oxygen atoms in total. The number of hydrogen-bond acceptors (Lipinski definition) is 5. The maximum absolute atomic E-state index is 5.97. The lowest BCUT2D eigenvalue weighted by molar-refractivity contribution is 0.171. The van der Waals surface area contributed by atoms with E-state index in [0.29, 0.717) is 18.0 Å².